The predicted molar refractivity (Wildman–Crippen MR) is 87.9 cm³/mol. The van der Waals surface area contributed by atoms with Crippen LogP contribution >= 0.6 is 23.2 Å². The lowest BCUT2D eigenvalue weighted by molar-refractivity contribution is -0.119. The maximum Gasteiger partial charge on any atom is 0.277 e. The number of nitrogens with zero attached hydrogens (tertiary/aromatic N) is 1. The van der Waals surface area contributed by atoms with Crippen molar-refractivity contribution in [3.8, 4) is 0 Å². The summed E-state index contributed by atoms with van der Waals surface area (Å²) in [4.78, 5) is 26.1. The van der Waals surface area contributed by atoms with Gasteiger partial charge in [-0.2, -0.15) is 0 Å². The lowest BCUT2D eigenvalue weighted by atomic mass is 10.1. The maximum absolute atomic E-state index is 12.6. The lowest BCUT2D eigenvalue weighted by Crippen LogP contribution is -2.31. The van der Waals surface area contributed by atoms with E-state index in [9.17, 15) is 9.59 Å². The minimum Gasteiger partial charge on any atom is -0.268 e. The first-order valence-electron chi connectivity index (χ1n) is 6.60. The Morgan fingerprint density at radius 3 is 2.00 bits per heavy atom. The van der Waals surface area contributed by atoms with Crippen LogP contribution in [0.4, 0.5) is 5.69 Å². The van der Waals surface area contributed by atoms with Gasteiger partial charge in [0.2, 0.25) is 0 Å². The molecule has 5 heteroatoms. The van der Waals surface area contributed by atoms with Gasteiger partial charge >= 0.3 is 0 Å². The largest absolute Gasteiger partial charge is 0.277 e. The van der Waals surface area contributed by atoms with E-state index in [1.807, 2.05) is 19.1 Å². The Hall–Kier alpha value is -2.10. The minimum absolute atomic E-state index is 0.0760. The molecular formula is C17H11Cl2NO2. The second-order valence-corrected chi connectivity index (χ2v) is 5.79. The van der Waals surface area contributed by atoms with Crippen LogP contribution in [0.1, 0.15) is 11.1 Å². The molecule has 0 saturated heterocycles. The molecule has 0 N–H and O–H groups in total. The molecule has 0 aliphatic carbocycles. The smallest absolute Gasteiger partial charge is 0.268 e. The lowest BCUT2D eigenvalue weighted by Gasteiger charge is -2.15. The molecule has 2 amide bonds. The van der Waals surface area contributed by atoms with Crippen molar-refractivity contribution in [3.63, 3.8) is 0 Å². The van der Waals surface area contributed by atoms with Crippen molar-refractivity contribution in [3.05, 3.63) is 69.7 Å². The summed E-state index contributed by atoms with van der Waals surface area (Å²) in [6, 6.07) is 13.8. The molecule has 1 aliphatic rings. The van der Waals surface area contributed by atoms with E-state index in [1.165, 1.54) is 0 Å². The number of halogens is 2. The summed E-state index contributed by atoms with van der Waals surface area (Å²) in [6.07, 6.45) is 0. The van der Waals surface area contributed by atoms with Gasteiger partial charge in [0.05, 0.1) is 11.3 Å². The fourth-order valence-electron chi connectivity index (χ4n) is 2.30. The predicted octanol–water partition coefficient (Wildman–Crippen LogP) is 4.17. The van der Waals surface area contributed by atoms with Gasteiger partial charge in [-0.3, -0.25) is 9.59 Å². The Balaban J connectivity index is 2.03. The number of rotatable bonds is 2. The highest BCUT2D eigenvalue weighted by atomic mass is 35.5. The zero-order valence-corrected chi connectivity index (χ0v) is 13.2. The summed E-state index contributed by atoms with van der Waals surface area (Å²) in [5, 5.41) is 0.473. The summed E-state index contributed by atoms with van der Waals surface area (Å²) >= 11 is 12.0. The topological polar surface area (TPSA) is 37.4 Å². The van der Waals surface area contributed by atoms with Gasteiger partial charge in [-0.15, -0.1) is 0 Å². The molecule has 0 atom stereocenters. The van der Waals surface area contributed by atoms with Crippen LogP contribution in [0.5, 0.6) is 0 Å². The monoisotopic (exact) mass is 331 g/mol. The molecule has 0 saturated carbocycles. The summed E-state index contributed by atoms with van der Waals surface area (Å²) < 4.78 is 0. The Bertz CT molecular complexity index is 792. The van der Waals surface area contributed by atoms with Gasteiger partial charge in [0.15, 0.2) is 0 Å². The zero-order chi connectivity index (χ0) is 15.9. The zero-order valence-electron chi connectivity index (χ0n) is 11.6. The summed E-state index contributed by atoms with van der Waals surface area (Å²) in [5.74, 6) is -0.943. The third kappa shape index (κ3) is 2.43. The van der Waals surface area contributed by atoms with Gasteiger partial charge in [0.25, 0.3) is 11.8 Å². The Kier molecular flexibility index (Phi) is 3.77. The summed E-state index contributed by atoms with van der Waals surface area (Å²) in [6.45, 7) is 1.93. The number of imide groups is 1. The van der Waals surface area contributed by atoms with Crippen molar-refractivity contribution in [2.45, 2.75) is 6.92 Å². The van der Waals surface area contributed by atoms with E-state index in [0.717, 1.165) is 10.5 Å². The molecule has 3 nitrogen and oxygen atoms in total. The van der Waals surface area contributed by atoms with E-state index < -0.39 is 11.8 Å². The number of carbonyl (C=O) groups excluding carboxylic acids is 2. The first-order valence-corrected chi connectivity index (χ1v) is 7.36. The SMILES string of the molecule is Cc1ccc(N2C(=O)C(Cl)=C(c3ccc(Cl)cc3)C2=O)cc1. The molecule has 0 bridgehead atoms. The van der Waals surface area contributed by atoms with Crippen LogP contribution in [-0.2, 0) is 9.59 Å². The highest BCUT2D eigenvalue weighted by molar-refractivity contribution is 6.60. The number of carbonyl (C=O) groups is 2. The number of aryl methyl sites for hydroxylation is 1. The van der Waals surface area contributed by atoms with Crippen molar-refractivity contribution in [2.24, 2.45) is 0 Å². The van der Waals surface area contributed by atoms with Gasteiger partial charge in [-0.25, -0.2) is 4.90 Å². The van der Waals surface area contributed by atoms with Crippen molar-refractivity contribution in [2.75, 3.05) is 4.90 Å². The molecule has 0 spiro atoms. The third-order valence-electron chi connectivity index (χ3n) is 3.45. The molecular weight excluding hydrogens is 321 g/mol. The van der Waals surface area contributed by atoms with E-state index in [0.29, 0.717) is 16.3 Å². The number of anilines is 1. The van der Waals surface area contributed by atoms with E-state index >= 15 is 0 Å². The molecule has 0 fully saturated rings. The van der Waals surface area contributed by atoms with Crippen molar-refractivity contribution in [1.29, 1.82) is 0 Å². The van der Waals surface area contributed by atoms with Gasteiger partial charge < -0.3 is 0 Å². The quantitative estimate of drug-likeness (QED) is 0.774. The van der Waals surface area contributed by atoms with Crippen LogP contribution in [0, 0.1) is 6.92 Å². The van der Waals surface area contributed by atoms with Crippen molar-refractivity contribution >= 4 is 46.3 Å². The fraction of sp³-hybridized carbons (Fsp3) is 0.0588. The molecule has 0 radical (unpaired) electrons. The normalized spacial score (nSPS) is 15.0. The average molecular weight is 332 g/mol. The molecule has 0 unspecified atom stereocenters. The van der Waals surface area contributed by atoms with E-state index in [-0.39, 0.29) is 10.6 Å². The average Bonchev–Trinajstić information content (AvgIpc) is 2.72. The fourth-order valence-corrected chi connectivity index (χ4v) is 2.70. The van der Waals surface area contributed by atoms with Gasteiger partial charge in [-0.1, -0.05) is 53.0 Å². The van der Waals surface area contributed by atoms with Crippen molar-refractivity contribution < 1.29 is 9.59 Å². The molecule has 1 heterocycles. The van der Waals surface area contributed by atoms with Gasteiger partial charge in [0, 0.05) is 5.02 Å². The molecule has 22 heavy (non-hydrogen) atoms. The van der Waals surface area contributed by atoms with Crippen LogP contribution in [0.15, 0.2) is 53.6 Å². The molecule has 0 aromatic heterocycles. The number of hydrogen-bond donors (Lipinski definition) is 0. The molecule has 1 aliphatic heterocycles. The third-order valence-corrected chi connectivity index (χ3v) is 4.05. The molecule has 3 rings (SSSR count). The van der Waals surface area contributed by atoms with Crippen molar-refractivity contribution in [1.82, 2.24) is 0 Å². The molecule has 110 valence electrons. The Morgan fingerprint density at radius 1 is 0.818 bits per heavy atom. The van der Waals surface area contributed by atoms with Crippen LogP contribution in [0.25, 0.3) is 5.57 Å². The maximum atomic E-state index is 12.6. The van der Waals surface area contributed by atoms with Crippen LogP contribution in [0.3, 0.4) is 0 Å². The van der Waals surface area contributed by atoms with Gasteiger partial charge in [0.1, 0.15) is 5.03 Å². The summed E-state index contributed by atoms with van der Waals surface area (Å²) in [7, 11) is 0. The van der Waals surface area contributed by atoms with E-state index in [1.54, 1.807) is 36.4 Å². The molecule has 2 aromatic carbocycles. The molecule has 2 aromatic rings. The van der Waals surface area contributed by atoms with Gasteiger partial charge in [-0.05, 0) is 36.8 Å². The van der Waals surface area contributed by atoms with Crippen LogP contribution in [-0.4, -0.2) is 11.8 Å². The Labute approximate surface area is 137 Å². The van der Waals surface area contributed by atoms with E-state index in [2.05, 4.69) is 0 Å². The Morgan fingerprint density at radius 2 is 1.41 bits per heavy atom. The second-order valence-electron chi connectivity index (χ2n) is 4.98. The summed E-state index contributed by atoms with van der Waals surface area (Å²) in [5.41, 5.74) is 2.31. The van der Waals surface area contributed by atoms with Crippen LogP contribution in [0.2, 0.25) is 5.02 Å². The highest BCUT2D eigenvalue weighted by Crippen LogP contribution is 2.35. The highest BCUT2D eigenvalue weighted by Gasteiger charge is 2.39. The first-order chi connectivity index (χ1) is 10.5. The van der Waals surface area contributed by atoms with E-state index in [4.69, 9.17) is 23.2 Å². The standard InChI is InChI=1S/C17H11Cl2NO2/c1-10-2-8-13(9-3-10)20-16(21)14(15(19)17(20)22)11-4-6-12(18)7-5-11/h2-9H,1H3. The minimum atomic E-state index is -0.513. The number of benzene rings is 2. The first kappa shape index (κ1) is 14.8. The number of hydrogen-bond acceptors (Lipinski definition) is 2. The number of amides is 2. The van der Waals surface area contributed by atoms with Crippen LogP contribution < -0.4 is 4.90 Å². The second kappa shape index (κ2) is 5.59.